The van der Waals surface area contributed by atoms with E-state index in [0.717, 1.165) is 10.8 Å². The Hall–Kier alpha value is -3.38. The summed E-state index contributed by atoms with van der Waals surface area (Å²) in [6.07, 6.45) is 0. The van der Waals surface area contributed by atoms with Crippen molar-refractivity contribution in [2.75, 3.05) is 0 Å². The van der Waals surface area contributed by atoms with E-state index in [-0.39, 0.29) is 0 Å². The number of rotatable bonds is 2. The lowest BCUT2D eigenvalue weighted by molar-refractivity contribution is 1.61. The summed E-state index contributed by atoms with van der Waals surface area (Å²) in [5.41, 5.74) is 5.05. The molecule has 1 radical (unpaired) electrons. The van der Waals surface area contributed by atoms with Gasteiger partial charge in [0.25, 0.3) is 0 Å². The molecule has 0 saturated heterocycles. The van der Waals surface area contributed by atoms with Crippen molar-refractivity contribution in [2.45, 2.75) is 0 Å². The predicted molar refractivity (Wildman–Crippen MR) is 111 cm³/mol. The van der Waals surface area contributed by atoms with E-state index in [1.54, 1.807) is 0 Å². The first-order valence-corrected chi connectivity index (χ1v) is 8.89. The molecule has 0 atom stereocenters. The van der Waals surface area contributed by atoms with Gasteiger partial charge in [-0.2, -0.15) is 0 Å². The fourth-order valence-corrected chi connectivity index (χ4v) is 3.77. The van der Waals surface area contributed by atoms with Gasteiger partial charge in [-0.15, -0.1) is 0 Å². The Bertz CT molecular complexity index is 1160. The van der Waals surface area contributed by atoms with Crippen molar-refractivity contribution in [1.29, 1.82) is 0 Å². The minimum Gasteiger partial charge on any atom is -0.0622 e. The summed E-state index contributed by atoms with van der Waals surface area (Å²) >= 11 is 0. The van der Waals surface area contributed by atoms with Gasteiger partial charge in [-0.3, -0.25) is 0 Å². The van der Waals surface area contributed by atoms with Gasteiger partial charge in [0, 0.05) is 0 Å². The molecular formula is C26H17. The highest BCUT2D eigenvalue weighted by Gasteiger charge is 2.13. The van der Waals surface area contributed by atoms with E-state index in [0.29, 0.717) is 0 Å². The molecule has 0 aliphatic rings. The Balaban J connectivity index is 1.94. The van der Waals surface area contributed by atoms with E-state index in [2.05, 4.69) is 109 Å². The van der Waals surface area contributed by atoms with Gasteiger partial charge in [0.05, 0.1) is 0 Å². The van der Waals surface area contributed by atoms with E-state index in [9.17, 15) is 0 Å². The van der Waals surface area contributed by atoms with Gasteiger partial charge in [-0.05, 0) is 49.9 Å². The zero-order valence-corrected chi connectivity index (χ0v) is 14.3. The van der Waals surface area contributed by atoms with Crippen LogP contribution in [0.2, 0.25) is 0 Å². The van der Waals surface area contributed by atoms with Crippen molar-refractivity contribution in [1.82, 2.24) is 0 Å². The van der Waals surface area contributed by atoms with Crippen LogP contribution in [0.5, 0.6) is 0 Å². The average Bonchev–Trinajstić information content (AvgIpc) is 2.72. The molecule has 5 aromatic rings. The zero-order valence-electron chi connectivity index (χ0n) is 14.3. The Kier molecular flexibility index (Phi) is 3.54. The maximum Gasteiger partial charge on any atom is -0.00139 e. The van der Waals surface area contributed by atoms with Gasteiger partial charge in [-0.1, -0.05) is 103 Å². The maximum absolute atomic E-state index is 3.58. The largest absolute Gasteiger partial charge is 0.0622 e. The van der Waals surface area contributed by atoms with E-state index >= 15 is 0 Å². The SMILES string of the molecule is [c]1c2ccccc2c(-c2ccccc2-c2ccccc2)c2ccccc12. The second-order valence-corrected chi connectivity index (χ2v) is 6.50. The second kappa shape index (κ2) is 6.16. The minimum atomic E-state index is 1.16. The molecule has 5 rings (SSSR count). The summed E-state index contributed by atoms with van der Waals surface area (Å²) in [7, 11) is 0. The molecule has 0 heterocycles. The van der Waals surface area contributed by atoms with Gasteiger partial charge >= 0.3 is 0 Å². The minimum absolute atomic E-state index is 1.16. The van der Waals surface area contributed by atoms with E-state index in [1.165, 1.54) is 33.0 Å². The highest BCUT2D eigenvalue weighted by Crippen LogP contribution is 2.40. The normalized spacial score (nSPS) is 11.1. The second-order valence-electron chi connectivity index (χ2n) is 6.50. The summed E-state index contributed by atoms with van der Waals surface area (Å²) in [6.45, 7) is 0. The molecule has 0 heteroatoms. The van der Waals surface area contributed by atoms with Crippen LogP contribution in [0.3, 0.4) is 0 Å². The smallest absolute Gasteiger partial charge is 0.00139 e. The van der Waals surface area contributed by atoms with Crippen LogP contribution >= 0.6 is 0 Å². The van der Waals surface area contributed by atoms with Crippen LogP contribution in [0.1, 0.15) is 0 Å². The molecule has 121 valence electrons. The molecule has 0 fully saturated rings. The highest BCUT2D eigenvalue weighted by atomic mass is 14.2. The fraction of sp³-hybridized carbons (Fsp3) is 0. The summed E-state index contributed by atoms with van der Waals surface area (Å²) in [6, 6.07) is 40.0. The first-order chi connectivity index (χ1) is 12.9. The summed E-state index contributed by atoms with van der Waals surface area (Å²) < 4.78 is 0. The highest BCUT2D eigenvalue weighted by molar-refractivity contribution is 6.14. The van der Waals surface area contributed by atoms with Gasteiger partial charge in [-0.25, -0.2) is 0 Å². The number of benzene rings is 5. The summed E-state index contributed by atoms with van der Waals surface area (Å²) in [4.78, 5) is 0. The van der Waals surface area contributed by atoms with Gasteiger partial charge in [0.1, 0.15) is 0 Å². The average molecular weight is 329 g/mol. The molecule has 0 amide bonds. The Morgan fingerprint density at radius 2 is 0.923 bits per heavy atom. The molecule has 0 N–H and O–H groups in total. The van der Waals surface area contributed by atoms with E-state index in [1.807, 2.05) is 0 Å². The van der Waals surface area contributed by atoms with Crippen LogP contribution in [0.25, 0.3) is 43.8 Å². The third-order valence-corrected chi connectivity index (χ3v) is 4.94. The molecule has 0 nitrogen and oxygen atoms in total. The molecular weight excluding hydrogens is 312 g/mol. The third kappa shape index (κ3) is 2.39. The first kappa shape index (κ1) is 14.9. The van der Waals surface area contributed by atoms with Crippen molar-refractivity contribution < 1.29 is 0 Å². The lowest BCUT2D eigenvalue weighted by Gasteiger charge is -2.15. The molecule has 0 aliphatic carbocycles. The molecule has 0 saturated carbocycles. The summed E-state index contributed by atoms with van der Waals surface area (Å²) in [5, 5.41) is 4.80. The molecule has 0 aromatic heterocycles. The van der Waals surface area contributed by atoms with E-state index in [4.69, 9.17) is 0 Å². The van der Waals surface area contributed by atoms with Gasteiger partial charge in [0.15, 0.2) is 0 Å². The monoisotopic (exact) mass is 329 g/mol. The molecule has 0 unspecified atom stereocenters. The van der Waals surface area contributed by atoms with Crippen LogP contribution in [0, 0.1) is 6.07 Å². The third-order valence-electron chi connectivity index (χ3n) is 4.94. The van der Waals surface area contributed by atoms with Crippen LogP contribution in [-0.4, -0.2) is 0 Å². The van der Waals surface area contributed by atoms with Crippen LogP contribution < -0.4 is 0 Å². The first-order valence-electron chi connectivity index (χ1n) is 8.89. The predicted octanol–water partition coefficient (Wildman–Crippen LogP) is 7.13. The number of hydrogen-bond acceptors (Lipinski definition) is 0. The van der Waals surface area contributed by atoms with Gasteiger partial charge < -0.3 is 0 Å². The maximum atomic E-state index is 3.58. The Morgan fingerprint density at radius 3 is 1.58 bits per heavy atom. The molecule has 0 aliphatic heterocycles. The molecule has 0 bridgehead atoms. The van der Waals surface area contributed by atoms with Crippen molar-refractivity contribution in [3.05, 3.63) is 109 Å². The fourth-order valence-electron chi connectivity index (χ4n) is 3.77. The Labute approximate surface area is 153 Å². The molecule has 5 aromatic carbocycles. The quantitative estimate of drug-likeness (QED) is 0.302. The van der Waals surface area contributed by atoms with Crippen LogP contribution in [0.15, 0.2) is 103 Å². The van der Waals surface area contributed by atoms with Crippen molar-refractivity contribution in [3.63, 3.8) is 0 Å². The zero-order chi connectivity index (χ0) is 17.3. The number of fused-ring (bicyclic) bond motifs is 2. The van der Waals surface area contributed by atoms with Crippen LogP contribution in [0.4, 0.5) is 0 Å². The van der Waals surface area contributed by atoms with E-state index < -0.39 is 0 Å². The van der Waals surface area contributed by atoms with Crippen molar-refractivity contribution in [3.8, 4) is 22.3 Å². The molecule has 0 spiro atoms. The standard InChI is InChI=1S/C26H17/c1-2-10-19(11-3-1)22-14-8-9-17-25(22)26-23-15-6-4-12-20(23)18-21-13-5-7-16-24(21)26/h1-17H. The van der Waals surface area contributed by atoms with Crippen molar-refractivity contribution >= 4 is 21.5 Å². The summed E-state index contributed by atoms with van der Waals surface area (Å²) in [5.74, 6) is 0. The molecule has 26 heavy (non-hydrogen) atoms. The number of hydrogen-bond donors (Lipinski definition) is 0. The van der Waals surface area contributed by atoms with Crippen LogP contribution in [-0.2, 0) is 0 Å². The Morgan fingerprint density at radius 1 is 0.423 bits per heavy atom. The van der Waals surface area contributed by atoms with Gasteiger partial charge in [0.2, 0.25) is 0 Å². The topological polar surface area (TPSA) is 0 Å². The lowest BCUT2D eigenvalue weighted by atomic mass is 9.88. The lowest BCUT2D eigenvalue weighted by Crippen LogP contribution is -1.89. The van der Waals surface area contributed by atoms with Crippen molar-refractivity contribution in [2.24, 2.45) is 0 Å².